The lowest BCUT2D eigenvalue weighted by molar-refractivity contribution is -0.0122. The third kappa shape index (κ3) is 1.75. The van der Waals surface area contributed by atoms with Crippen molar-refractivity contribution in [2.75, 3.05) is 6.54 Å². The van der Waals surface area contributed by atoms with Gasteiger partial charge in [-0.2, -0.15) is 0 Å². The number of hydrogen-bond donors (Lipinski definition) is 2. The first kappa shape index (κ1) is 9.47. The van der Waals surface area contributed by atoms with Gasteiger partial charge in [0.15, 0.2) is 0 Å². The van der Waals surface area contributed by atoms with Crippen molar-refractivity contribution in [2.24, 2.45) is 17.1 Å². The fourth-order valence-electron chi connectivity index (χ4n) is 2.79. The number of nitrogens with two attached hydrogens (primary N) is 1. The highest BCUT2D eigenvalue weighted by molar-refractivity contribution is 4.97. The summed E-state index contributed by atoms with van der Waals surface area (Å²) >= 11 is 0. The Bertz CT molecular complexity index is 171. The van der Waals surface area contributed by atoms with Gasteiger partial charge in [-0.1, -0.05) is 19.3 Å². The first-order chi connectivity index (χ1) is 6.28. The van der Waals surface area contributed by atoms with Gasteiger partial charge in [0.25, 0.3) is 0 Å². The predicted octanol–water partition coefficient (Wildman–Crippen LogP) is 1.67. The first-order valence-electron chi connectivity index (χ1n) is 5.67. The number of hydrogen-bond acceptors (Lipinski definition) is 2. The Balaban J connectivity index is 2.02. The van der Waals surface area contributed by atoms with Crippen molar-refractivity contribution < 1.29 is 5.11 Å². The second-order valence-corrected chi connectivity index (χ2v) is 4.91. The van der Waals surface area contributed by atoms with Crippen LogP contribution in [0.15, 0.2) is 0 Å². The van der Waals surface area contributed by atoms with Gasteiger partial charge in [0.2, 0.25) is 0 Å². The molecule has 0 aromatic heterocycles. The van der Waals surface area contributed by atoms with Gasteiger partial charge in [0, 0.05) is 12.0 Å². The largest absolute Gasteiger partial charge is 0.392 e. The Hall–Kier alpha value is -0.0800. The highest BCUT2D eigenvalue weighted by Crippen LogP contribution is 2.47. The molecule has 13 heavy (non-hydrogen) atoms. The third-order valence-electron chi connectivity index (χ3n) is 3.95. The molecule has 2 rings (SSSR count). The minimum absolute atomic E-state index is 0.0966. The highest BCUT2D eigenvalue weighted by atomic mass is 16.3. The van der Waals surface area contributed by atoms with Crippen LogP contribution in [0, 0.1) is 11.3 Å². The third-order valence-corrected chi connectivity index (χ3v) is 3.95. The SMILES string of the molecule is NCC1(C(O)C2CC2)CCCCC1. The van der Waals surface area contributed by atoms with Crippen molar-refractivity contribution in [3.05, 3.63) is 0 Å². The Labute approximate surface area is 80.5 Å². The van der Waals surface area contributed by atoms with E-state index >= 15 is 0 Å². The van der Waals surface area contributed by atoms with Crippen molar-refractivity contribution in [1.82, 2.24) is 0 Å². The molecule has 2 saturated carbocycles. The van der Waals surface area contributed by atoms with Crippen molar-refractivity contribution >= 4 is 0 Å². The smallest absolute Gasteiger partial charge is 0.0636 e. The monoisotopic (exact) mass is 183 g/mol. The van der Waals surface area contributed by atoms with Crippen LogP contribution in [0.4, 0.5) is 0 Å². The molecular weight excluding hydrogens is 162 g/mol. The molecule has 2 nitrogen and oxygen atoms in total. The van der Waals surface area contributed by atoms with E-state index in [2.05, 4.69) is 0 Å². The van der Waals surface area contributed by atoms with Crippen molar-refractivity contribution in [1.29, 1.82) is 0 Å². The van der Waals surface area contributed by atoms with Crippen molar-refractivity contribution in [2.45, 2.75) is 51.0 Å². The molecule has 76 valence electrons. The summed E-state index contributed by atoms with van der Waals surface area (Å²) in [5.74, 6) is 0.585. The lowest BCUT2D eigenvalue weighted by Crippen LogP contribution is -2.44. The molecule has 0 radical (unpaired) electrons. The molecule has 1 unspecified atom stereocenters. The van der Waals surface area contributed by atoms with Gasteiger partial charge in [-0.25, -0.2) is 0 Å². The summed E-state index contributed by atoms with van der Waals surface area (Å²) in [6.07, 6.45) is 8.52. The minimum Gasteiger partial charge on any atom is -0.392 e. The molecule has 3 N–H and O–H groups in total. The molecule has 0 saturated heterocycles. The van der Waals surface area contributed by atoms with E-state index in [9.17, 15) is 5.11 Å². The normalized spacial score (nSPS) is 30.0. The Morgan fingerprint density at radius 2 is 1.85 bits per heavy atom. The standard InChI is InChI=1S/C11H21NO/c12-8-11(6-2-1-3-7-11)10(13)9-4-5-9/h9-10,13H,1-8,12H2. The second kappa shape index (κ2) is 3.58. The molecule has 0 aromatic carbocycles. The average molecular weight is 183 g/mol. The van der Waals surface area contributed by atoms with E-state index in [1.807, 2.05) is 0 Å². The maximum Gasteiger partial charge on any atom is 0.0636 e. The van der Waals surface area contributed by atoms with E-state index in [1.54, 1.807) is 0 Å². The fraction of sp³-hybridized carbons (Fsp3) is 1.00. The summed E-state index contributed by atoms with van der Waals surface area (Å²) in [5, 5.41) is 10.2. The molecule has 2 fully saturated rings. The molecular formula is C11H21NO. The molecule has 2 aliphatic rings. The molecule has 0 aromatic rings. The predicted molar refractivity (Wildman–Crippen MR) is 53.3 cm³/mol. The van der Waals surface area contributed by atoms with Gasteiger partial charge < -0.3 is 10.8 Å². The van der Waals surface area contributed by atoms with Crippen molar-refractivity contribution in [3.8, 4) is 0 Å². The minimum atomic E-state index is -0.0993. The fourth-order valence-corrected chi connectivity index (χ4v) is 2.79. The van der Waals surface area contributed by atoms with Gasteiger partial charge in [0.05, 0.1) is 6.10 Å². The van der Waals surface area contributed by atoms with Gasteiger partial charge in [-0.3, -0.25) is 0 Å². The Morgan fingerprint density at radius 3 is 2.31 bits per heavy atom. The van der Waals surface area contributed by atoms with Crippen LogP contribution in [0.3, 0.4) is 0 Å². The van der Waals surface area contributed by atoms with E-state index in [0.29, 0.717) is 12.5 Å². The summed E-state index contributed by atoms with van der Waals surface area (Å²) in [6.45, 7) is 0.685. The molecule has 2 heteroatoms. The molecule has 2 aliphatic carbocycles. The Kier molecular flexibility index (Phi) is 2.61. The molecule has 0 bridgehead atoms. The van der Waals surface area contributed by atoms with E-state index in [1.165, 1.54) is 32.1 Å². The quantitative estimate of drug-likeness (QED) is 0.699. The van der Waals surface area contributed by atoms with Crippen LogP contribution >= 0.6 is 0 Å². The summed E-state index contributed by atoms with van der Waals surface area (Å²) in [5.41, 5.74) is 5.94. The van der Waals surface area contributed by atoms with Crippen LogP contribution in [0.2, 0.25) is 0 Å². The van der Waals surface area contributed by atoms with E-state index in [-0.39, 0.29) is 11.5 Å². The highest BCUT2D eigenvalue weighted by Gasteiger charge is 2.45. The maximum absolute atomic E-state index is 10.2. The van der Waals surface area contributed by atoms with Gasteiger partial charge in [0.1, 0.15) is 0 Å². The van der Waals surface area contributed by atoms with Crippen LogP contribution in [0.25, 0.3) is 0 Å². The zero-order valence-corrected chi connectivity index (χ0v) is 8.34. The van der Waals surface area contributed by atoms with Crippen LogP contribution in [-0.2, 0) is 0 Å². The van der Waals surface area contributed by atoms with Gasteiger partial charge >= 0.3 is 0 Å². The van der Waals surface area contributed by atoms with E-state index in [4.69, 9.17) is 5.73 Å². The van der Waals surface area contributed by atoms with Gasteiger partial charge in [-0.15, -0.1) is 0 Å². The van der Waals surface area contributed by atoms with E-state index < -0.39 is 0 Å². The Morgan fingerprint density at radius 1 is 1.23 bits per heavy atom. The first-order valence-corrected chi connectivity index (χ1v) is 5.67. The lowest BCUT2D eigenvalue weighted by Gasteiger charge is -2.40. The molecule has 0 heterocycles. The maximum atomic E-state index is 10.2. The zero-order chi connectivity index (χ0) is 9.31. The molecule has 0 amide bonds. The summed E-state index contributed by atoms with van der Waals surface area (Å²) in [6, 6.07) is 0. The van der Waals surface area contributed by atoms with Gasteiger partial charge in [-0.05, 0) is 31.6 Å². The van der Waals surface area contributed by atoms with Crippen LogP contribution in [0.1, 0.15) is 44.9 Å². The van der Waals surface area contributed by atoms with Crippen LogP contribution in [-0.4, -0.2) is 17.8 Å². The average Bonchev–Trinajstić information content (AvgIpc) is 3.01. The number of aliphatic hydroxyl groups is 1. The van der Waals surface area contributed by atoms with Crippen molar-refractivity contribution in [3.63, 3.8) is 0 Å². The summed E-state index contributed by atoms with van der Waals surface area (Å²) in [4.78, 5) is 0. The summed E-state index contributed by atoms with van der Waals surface area (Å²) < 4.78 is 0. The molecule has 0 spiro atoms. The second-order valence-electron chi connectivity index (χ2n) is 4.91. The van der Waals surface area contributed by atoms with E-state index in [0.717, 1.165) is 12.8 Å². The zero-order valence-electron chi connectivity index (χ0n) is 8.34. The van der Waals surface area contributed by atoms with Crippen LogP contribution < -0.4 is 5.73 Å². The molecule has 0 aliphatic heterocycles. The topological polar surface area (TPSA) is 46.2 Å². The number of aliphatic hydroxyl groups excluding tert-OH is 1. The number of rotatable bonds is 3. The van der Waals surface area contributed by atoms with Crippen LogP contribution in [0.5, 0.6) is 0 Å². The lowest BCUT2D eigenvalue weighted by atomic mass is 9.69. The summed E-state index contributed by atoms with van der Waals surface area (Å²) in [7, 11) is 0. The molecule has 1 atom stereocenters.